The van der Waals surface area contributed by atoms with E-state index in [2.05, 4.69) is 5.32 Å². The monoisotopic (exact) mass is 335 g/mol. The van der Waals surface area contributed by atoms with Crippen LogP contribution in [0.15, 0.2) is 54.6 Å². The fourth-order valence-corrected chi connectivity index (χ4v) is 3.50. The van der Waals surface area contributed by atoms with Gasteiger partial charge in [0, 0.05) is 23.2 Å². The summed E-state index contributed by atoms with van der Waals surface area (Å²) < 4.78 is 0. The Morgan fingerprint density at radius 3 is 2.16 bits per heavy atom. The minimum absolute atomic E-state index is 0.00391. The maximum atomic E-state index is 12.4. The van der Waals surface area contributed by atoms with E-state index in [9.17, 15) is 9.59 Å². The number of ketones is 1. The Balaban J connectivity index is 1.51. The Hall–Kier alpha value is -2.42. The zero-order valence-corrected chi connectivity index (χ0v) is 14.5. The van der Waals surface area contributed by atoms with E-state index in [0.29, 0.717) is 23.5 Å². The van der Waals surface area contributed by atoms with Crippen molar-refractivity contribution in [2.45, 2.75) is 44.9 Å². The molecule has 25 heavy (non-hydrogen) atoms. The van der Waals surface area contributed by atoms with Gasteiger partial charge < -0.3 is 5.32 Å². The first-order valence-corrected chi connectivity index (χ1v) is 9.22. The molecule has 0 aromatic heterocycles. The predicted molar refractivity (Wildman–Crippen MR) is 101 cm³/mol. The summed E-state index contributed by atoms with van der Waals surface area (Å²) in [7, 11) is 0. The number of carbonyl (C=O) groups is 2. The van der Waals surface area contributed by atoms with E-state index in [1.54, 1.807) is 24.3 Å². The molecule has 1 amide bonds. The Morgan fingerprint density at radius 2 is 1.48 bits per heavy atom. The highest BCUT2D eigenvalue weighted by molar-refractivity contribution is 6.09. The van der Waals surface area contributed by atoms with Crippen LogP contribution < -0.4 is 5.32 Å². The topological polar surface area (TPSA) is 46.2 Å². The number of amides is 1. The molecule has 1 saturated carbocycles. The van der Waals surface area contributed by atoms with Gasteiger partial charge in [0.1, 0.15) is 0 Å². The Morgan fingerprint density at radius 1 is 0.840 bits per heavy atom. The van der Waals surface area contributed by atoms with Crippen molar-refractivity contribution in [3.63, 3.8) is 0 Å². The van der Waals surface area contributed by atoms with Gasteiger partial charge in [-0.1, -0.05) is 62.4 Å². The van der Waals surface area contributed by atoms with Crippen molar-refractivity contribution in [2.24, 2.45) is 5.92 Å². The van der Waals surface area contributed by atoms with Crippen LogP contribution in [0.5, 0.6) is 0 Å². The lowest BCUT2D eigenvalue weighted by molar-refractivity contribution is -0.116. The number of carbonyl (C=O) groups excluding carboxylic acids is 2. The quantitative estimate of drug-likeness (QED) is 0.736. The van der Waals surface area contributed by atoms with Crippen LogP contribution in [0, 0.1) is 5.92 Å². The summed E-state index contributed by atoms with van der Waals surface area (Å²) in [6.45, 7) is 0. The molecule has 0 heterocycles. The minimum Gasteiger partial charge on any atom is -0.326 e. The highest BCUT2D eigenvalue weighted by Crippen LogP contribution is 2.27. The molecule has 0 bridgehead atoms. The van der Waals surface area contributed by atoms with Crippen molar-refractivity contribution in [3.05, 3.63) is 65.7 Å². The van der Waals surface area contributed by atoms with Crippen LogP contribution in [0.2, 0.25) is 0 Å². The van der Waals surface area contributed by atoms with E-state index in [0.717, 1.165) is 12.1 Å². The molecule has 3 heteroatoms. The molecule has 3 nitrogen and oxygen atoms in total. The fourth-order valence-electron chi connectivity index (χ4n) is 3.50. The summed E-state index contributed by atoms with van der Waals surface area (Å²) in [4.78, 5) is 24.5. The van der Waals surface area contributed by atoms with Crippen LogP contribution in [0.4, 0.5) is 5.69 Å². The summed E-state index contributed by atoms with van der Waals surface area (Å²) in [6, 6.07) is 16.4. The van der Waals surface area contributed by atoms with Gasteiger partial charge in [0.15, 0.2) is 5.78 Å². The molecular weight excluding hydrogens is 310 g/mol. The van der Waals surface area contributed by atoms with Gasteiger partial charge in [-0.05, 0) is 36.6 Å². The number of hydrogen-bond acceptors (Lipinski definition) is 2. The molecule has 0 spiro atoms. The number of benzene rings is 2. The summed E-state index contributed by atoms with van der Waals surface area (Å²) in [5.41, 5.74) is 2.05. The number of hydrogen-bond donors (Lipinski definition) is 1. The van der Waals surface area contributed by atoms with Crippen molar-refractivity contribution in [3.8, 4) is 0 Å². The third-order valence-corrected chi connectivity index (χ3v) is 4.97. The first-order valence-electron chi connectivity index (χ1n) is 9.22. The van der Waals surface area contributed by atoms with Gasteiger partial charge in [0.25, 0.3) is 0 Å². The van der Waals surface area contributed by atoms with Crippen molar-refractivity contribution in [1.82, 2.24) is 0 Å². The third-order valence-electron chi connectivity index (χ3n) is 4.97. The van der Waals surface area contributed by atoms with E-state index in [4.69, 9.17) is 0 Å². The summed E-state index contributed by atoms with van der Waals surface area (Å²) >= 11 is 0. The van der Waals surface area contributed by atoms with E-state index in [-0.39, 0.29) is 11.7 Å². The van der Waals surface area contributed by atoms with E-state index >= 15 is 0 Å². The Bertz CT molecular complexity index is 701. The number of anilines is 1. The predicted octanol–water partition coefficient (Wildman–Crippen LogP) is 5.22. The van der Waals surface area contributed by atoms with E-state index in [1.807, 2.05) is 30.3 Å². The maximum absolute atomic E-state index is 12.4. The molecule has 3 rings (SSSR count). The van der Waals surface area contributed by atoms with Gasteiger partial charge in [-0.15, -0.1) is 0 Å². The van der Waals surface area contributed by atoms with Gasteiger partial charge in [-0.25, -0.2) is 0 Å². The van der Waals surface area contributed by atoms with Gasteiger partial charge in [0.05, 0.1) is 0 Å². The average Bonchev–Trinajstić information content (AvgIpc) is 2.68. The largest absolute Gasteiger partial charge is 0.326 e. The molecule has 2 aromatic rings. The van der Waals surface area contributed by atoms with Gasteiger partial charge in [-0.2, -0.15) is 0 Å². The zero-order valence-electron chi connectivity index (χ0n) is 14.5. The second kappa shape index (κ2) is 8.61. The molecule has 0 saturated heterocycles. The van der Waals surface area contributed by atoms with Crippen LogP contribution in [0.3, 0.4) is 0 Å². The highest BCUT2D eigenvalue weighted by atomic mass is 16.1. The smallest absolute Gasteiger partial charge is 0.224 e. The summed E-state index contributed by atoms with van der Waals surface area (Å²) in [5, 5.41) is 2.94. The van der Waals surface area contributed by atoms with Crippen molar-refractivity contribution in [1.29, 1.82) is 0 Å². The molecule has 1 aliphatic carbocycles. The normalized spacial score (nSPS) is 14.9. The molecule has 0 radical (unpaired) electrons. The molecule has 0 aliphatic heterocycles. The zero-order chi connectivity index (χ0) is 17.5. The molecule has 1 fully saturated rings. The van der Waals surface area contributed by atoms with Gasteiger partial charge in [-0.3, -0.25) is 9.59 Å². The minimum atomic E-state index is -0.00391. The number of nitrogens with one attached hydrogen (secondary N) is 1. The molecule has 1 N–H and O–H groups in total. The third kappa shape index (κ3) is 5.02. The maximum Gasteiger partial charge on any atom is 0.224 e. The number of rotatable bonds is 6. The standard InChI is InChI=1S/C22H25NO2/c24-21(16-11-17-7-3-1-4-8-17)23-20-14-12-19(13-15-20)22(25)18-9-5-2-6-10-18/h2,5-6,9-10,12-15,17H,1,3-4,7-8,11,16H2,(H,23,24). The summed E-state index contributed by atoms with van der Waals surface area (Å²) in [5.74, 6) is 0.772. The van der Waals surface area contributed by atoms with Crippen LogP contribution >= 0.6 is 0 Å². The molecular formula is C22H25NO2. The lowest BCUT2D eigenvalue weighted by Crippen LogP contribution is -2.15. The molecule has 0 atom stereocenters. The highest BCUT2D eigenvalue weighted by Gasteiger charge is 2.15. The fraction of sp³-hybridized carbons (Fsp3) is 0.364. The lowest BCUT2D eigenvalue weighted by Gasteiger charge is -2.21. The van der Waals surface area contributed by atoms with E-state index < -0.39 is 0 Å². The second-order valence-corrected chi connectivity index (χ2v) is 6.86. The Labute approximate surface area is 149 Å². The molecule has 0 unspecified atom stereocenters. The first-order chi connectivity index (χ1) is 12.2. The second-order valence-electron chi connectivity index (χ2n) is 6.86. The van der Waals surface area contributed by atoms with Gasteiger partial charge in [0.2, 0.25) is 5.91 Å². The Kier molecular flexibility index (Phi) is 5.99. The van der Waals surface area contributed by atoms with Crippen LogP contribution in [0.1, 0.15) is 60.9 Å². The molecule has 130 valence electrons. The van der Waals surface area contributed by atoms with E-state index in [1.165, 1.54) is 32.1 Å². The lowest BCUT2D eigenvalue weighted by atomic mass is 9.86. The van der Waals surface area contributed by atoms with Gasteiger partial charge >= 0.3 is 0 Å². The average molecular weight is 335 g/mol. The molecule has 1 aliphatic rings. The SMILES string of the molecule is O=C(CCC1CCCCC1)Nc1ccc(C(=O)c2ccccc2)cc1. The van der Waals surface area contributed by atoms with Crippen LogP contribution in [-0.2, 0) is 4.79 Å². The van der Waals surface area contributed by atoms with Crippen LogP contribution in [0.25, 0.3) is 0 Å². The van der Waals surface area contributed by atoms with Crippen molar-refractivity contribution in [2.75, 3.05) is 5.32 Å². The van der Waals surface area contributed by atoms with Crippen LogP contribution in [-0.4, -0.2) is 11.7 Å². The van der Waals surface area contributed by atoms with Crippen molar-refractivity contribution < 1.29 is 9.59 Å². The summed E-state index contributed by atoms with van der Waals surface area (Å²) in [6.07, 6.45) is 8.06. The first kappa shape index (κ1) is 17.4. The van der Waals surface area contributed by atoms with Crippen molar-refractivity contribution >= 4 is 17.4 Å². The molecule has 2 aromatic carbocycles.